The second-order valence-electron chi connectivity index (χ2n) is 5.77. The maximum atomic E-state index is 12.1. The van der Waals surface area contributed by atoms with E-state index in [1.807, 2.05) is 31.3 Å². The van der Waals surface area contributed by atoms with E-state index < -0.39 is 0 Å². The second kappa shape index (κ2) is 5.48. The average molecular weight is 287 g/mol. The first-order chi connectivity index (χ1) is 10.1. The normalized spacial score (nSPS) is 26.2. The lowest BCUT2D eigenvalue weighted by molar-refractivity contribution is -0.116. The van der Waals surface area contributed by atoms with Crippen molar-refractivity contribution in [1.82, 2.24) is 4.90 Å². The maximum Gasteiger partial charge on any atom is 0.248 e. The number of benzene rings is 1. The molecule has 0 aliphatic carbocycles. The van der Waals surface area contributed by atoms with E-state index in [-0.39, 0.29) is 24.7 Å². The molecule has 1 aromatic carbocycles. The number of carbonyl (C=O) groups excluding carboxylic acids is 1. The molecular weight excluding hydrogens is 266 g/mol. The van der Waals surface area contributed by atoms with Crippen LogP contribution in [0.15, 0.2) is 29.3 Å². The summed E-state index contributed by atoms with van der Waals surface area (Å²) in [5.74, 6) is 0.928. The summed E-state index contributed by atoms with van der Waals surface area (Å²) in [5.41, 5.74) is 1.94. The van der Waals surface area contributed by atoms with Gasteiger partial charge in [0.1, 0.15) is 12.4 Å². The molecule has 2 aliphatic heterocycles. The molecule has 5 nitrogen and oxygen atoms in total. The number of morpholine rings is 1. The fourth-order valence-electron chi connectivity index (χ4n) is 3.04. The highest BCUT2D eigenvalue weighted by Crippen LogP contribution is 2.25. The smallest absolute Gasteiger partial charge is 0.248 e. The van der Waals surface area contributed by atoms with Crippen LogP contribution in [0.1, 0.15) is 19.4 Å². The molecule has 2 unspecified atom stereocenters. The molecule has 0 aromatic heterocycles. The van der Waals surface area contributed by atoms with Gasteiger partial charge in [-0.15, -0.1) is 0 Å². The molecule has 1 aromatic rings. The van der Waals surface area contributed by atoms with Crippen LogP contribution in [-0.2, 0) is 9.53 Å². The number of benzodiazepines with no additional fused rings is 1. The number of likely N-dealkylation sites (N-methyl/N-ethyl adjacent to an activating group) is 1. The number of rotatable bonds is 0. The Morgan fingerprint density at radius 3 is 2.57 bits per heavy atom. The SMILES string of the molecule is CC1CN(C2=NCC(=O)N(C)c3ccccc32)CC(C)O1. The molecule has 0 bridgehead atoms. The lowest BCUT2D eigenvalue weighted by Crippen LogP contribution is -2.48. The Labute approximate surface area is 125 Å². The fraction of sp³-hybridized carbons (Fsp3) is 0.500. The van der Waals surface area contributed by atoms with Gasteiger partial charge in [0.25, 0.3) is 0 Å². The van der Waals surface area contributed by atoms with Crippen molar-refractivity contribution < 1.29 is 9.53 Å². The topological polar surface area (TPSA) is 45.1 Å². The Hall–Kier alpha value is -1.88. The molecular formula is C16H21N3O2. The number of hydrogen-bond donors (Lipinski definition) is 0. The number of hydrogen-bond acceptors (Lipinski definition) is 4. The molecule has 3 rings (SSSR count). The largest absolute Gasteiger partial charge is 0.372 e. The Bertz CT molecular complexity index is 575. The van der Waals surface area contributed by atoms with Crippen LogP contribution in [0.4, 0.5) is 5.69 Å². The zero-order valence-corrected chi connectivity index (χ0v) is 12.7. The van der Waals surface area contributed by atoms with Crippen LogP contribution in [-0.4, -0.2) is 55.5 Å². The number of anilines is 1. The molecule has 112 valence electrons. The minimum atomic E-state index is 0.0202. The second-order valence-corrected chi connectivity index (χ2v) is 5.77. The van der Waals surface area contributed by atoms with Crippen LogP contribution in [0.25, 0.3) is 0 Å². The Kier molecular flexibility index (Phi) is 3.68. The van der Waals surface area contributed by atoms with Crippen molar-refractivity contribution >= 4 is 17.4 Å². The third-order valence-corrected chi connectivity index (χ3v) is 3.96. The fourth-order valence-corrected chi connectivity index (χ4v) is 3.04. The summed E-state index contributed by atoms with van der Waals surface area (Å²) in [7, 11) is 1.81. The zero-order valence-electron chi connectivity index (χ0n) is 12.7. The predicted octanol–water partition coefficient (Wildman–Crippen LogP) is 1.52. The maximum absolute atomic E-state index is 12.1. The summed E-state index contributed by atoms with van der Waals surface area (Å²) in [4.78, 5) is 20.6. The van der Waals surface area contributed by atoms with Crippen molar-refractivity contribution in [3.63, 3.8) is 0 Å². The molecule has 1 fully saturated rings. The van der Waals surface area contributed by atoms with Crippen LogP contribution < -0.4 is 4.90 Å². The van der Waals surface area contributed by atoms with Crippen LogP contribution in [0.3, 0.4) is 0 Å². The molecule has 2 aliphatic rings. The number of fused-ring (bicyclic) bond motifs is 1. The van der Waals surface area contributed by atoms with Gasteiger partial charge >= 0.3 is 0 Å². The highest BCUT2D eigenvalue weighted by Gasteiger charge is 2.29. The lowest BCUT2D eigenvalue weighted by atomic mass is 10.1. The van der Waals surface area contributed by atoms with Gasteiger partial charge in [-0.05, 0) is 26.0 Å². The van der Waals surface area contributed by atoms with E-state index >= 15 is 0 Å². The molecule has 0 saturated carbocycles. The van der Waals surface area contributed by atoms with Crippen LogP contribution in [0.5, 0.6) is 0 Å². The summed E-state index contributed by atoms with van der Waals surface area (Å²) in [5, 5.41) is 0. The summed E-state index contributed by atoms with van der Waals surface area (Å²) < 4.78 is 5.79. The molecule has 0 radical (unpaired) electrons. The third kappa shape index (κ3) is 2.65. The first-order valence-electron chi connectivity index (χ1n) is 7.37. The molecule has 0 spiro atoms. The van der Waals surface area contributed by atoms with Gasteiger partial charge in [0.2, 0.25) is 5.91 Å². The Morgan fingerprint density at radius 1 is 1.19 bits per heavy atom. The van der Waals surface area contributed by atoms with E-state index in [0.717, 1.165) is 30.2 Å². The molecule has 1 saturated heterocycles. The van der Waals surface area contributed by atoms with Crippen molar-refractivity contribution in [3.05, 3.63) is 29.8 Å². The van der Waals surface area contributed by atoms with Crippen molar-refractivity contribution in [2.45, 2.75) is 26.1 Å². The lowest BCUT2D eigenvalue weighted by Gasteiger charge is -2.37. The summed E-state index contributed by atoms with van der Waals surface area (Å²) in [6, 6.07) is 7.96. The van der Waals surface area contributed by atoms with Gasteiger partial charge in [0, 0.05) is 25.7 Å². The summed E-state index contributed by atoms with van der Waals surface area (Å²) in [6.45, 7) is 5.94. The molecule has 21 heavy (non-hydrogen) atoms. The zero-order chi connectivity index (χ0) is 15.0. The standard InChI is InChI=1S/C16H21N3O2/c1-11-9-19(10-12(2)21-11)16-13-6-4-5-7-14(13)18(3)15(20)8-17-16/h4-7,11-12H,8-10H2,1-3H3. The third-order valence-electron chi connectivity index (χ3n) is 3.96. The van der Waals surface area contributed by atoms with E-state index in [1.165, 1.54) is 0 Å². The number of aliphatic imine (C=N–C) groups is 1. The van der Waals surface area contributed by atoms with Crippen molar-refractivity contribution in [1.29, 1.82) is 0 Å². The van der Waals surface area contributed by atoms with Crippen LogP contribution in [0, 0.1) is 0 Å². The van der Waals surface area contributed by atoms with Gasteiger partial charge in [-0.3, -0.25) is 9.79 Å². The number of amides is 1. The summed E-state index contributed by atoms with van der Waals surface area (Å²) in [6.07, 6.45) is 0.334. The highest BCUT2D eigenvalue weighted by molar-refractivity contribution is 6.10. The van der Waals surface area contributed by atoms with E-state index in [9.17, 15) is 4.79 Å². The van der Waals surface area contributed by atoms with Gasteiger partial charge in [-0.2, -0.15) is 0 Å². The number of amidine groups is 1. The average Bonchev–Trinajstić information content (AvgIpc) is 2.57. The van der Waals surface area contributed by atoms with E-state index in [2.05, 4.69) is 23.7 Å². The van der Waals surface area contributed by atoms with Crippen molar-refractivity contribution in [2.75, 3.05) is 31.6 Å². The van der Waals surface area contributed by atoms with Gasteiger partial charge in [0.15, 0.2) is 0 Å². The van der Waals surface area contributed by atoms with E-state index in [0.29, 0.717) is 0 Å². The first-order valence-corrected chi connectivity index (χ1v) is 7.37. The number of carbonyl (C=O) groups is 1. The minimum Gasteiger partial charge on any atom is -0.372 e. The predicted molar refractivity (Wildman–Crippen MR) is 82.8 cm³/mol. The monoisotopic (exact) mass is 287 g/mol. The molecule has 0 N–H and O–H groups in total. The summed E-state index contributed by atoms with van der Waals surface area (Å²) >= 11 is 0. The molecule has 5 heteroatoms. The van der Waals surface area contributed by atoms with Gasteiger partial charge in [-0.25, -0.2) is 0 Å². The van der Waals surface area contributed by atoms with E-state index in [4.69, 9.17) is 4.74 Å². The number of ether oxygens (including phenoxy) is 1. The van der Waals surface area contributed by atoms with Crippen LogP contribution >= 0.6 is 0 Å². The quantitative estimate of drug-likeness (QED) is 0.727. The minimum absolute atomic E-state index is 0.0202. The van der Waals surface area contributed by atoms with E-state index in [1.54, 1.807) is 4.90 Å². The van der Waals surface area contributed by atoms with Crippen molar-refractivity contribution in [3.8, 4) is 0 Å². The molecule has 1 amide bonds. The molecule has 2 atom stereocenters. The number of para-hydroxylation sites is 1. The van der Waals surface area contributed by atoms with Crippen LogP contribution in [0.2, 0.25) is 0 Å². The van der Waals surface area contributed by atoms with Crippen molar-refractivity contribution in [2.24, 2.45) is 4.99 Å². The Morgan fingerprint density at radius 2 is 1.86 bits per heavy atom. The van der Waals surface area contributed by atoms with Gasteiger partial charge in [-0.1, -0.05) is 12.1 Å². The number of nitrogens with zero attached hydrogens (tertiary/aromatic N) is 3. The van der Waals surface area contributed by atoms with Gasteiger partial charge in [0.05, 0.1) is 17.9 Å². The highest BCUT2D eigenvalue weighted by atomic mass is 16.5. The Balaban J connectivity index is 2.01. The van der Waals surface area contributed by atoms with Gasteiger partial charge < -0.3 is 14.5 Å². The first kappa shape index (κ1) is 14.1. The molecule has 2 heterocycles.